The first-order valence-electron chi connectivity index (χ1n) is 14.6. The van der Waals surface area contributed by atoms with Crippen molar-refractivity contribution < 1.29 is 27.6 Å². The average Bonchev–Trinajstić information content (AvgIpc) is 3.39. The number of halogens is 2. The van der Waals surface area contributed by atoms with Crippen LogP contribution in [0.5, 0.6) is 5.75 Å². The predicted octanol–water partition coefficient (Wildman–Crippen LogP) is 4.60. The number of nitrogens with zero attached hydrogens (tertiary/aromatic N) is 4. The first-order valence-corrected chi connectivity index (χ1v) is 14.6. The molecule has 44 heavy (non-hydrogen) atoms. The van der Waals surface area contributed by atoms with Gasteiger partial charge in [0.05, 0.1) is 40.1 Å². The minimum atomic E-state index is -1.07. The summed E-state index contributed by atoms with van der Waals surface area (Å²) in [6.45, 7) is 2.29. The fraction of sp³-hybridized carbons (Fsp3) is 0.375. The first-order chi connectivity index (χ1) is 20.9. The molecule has 0 atom stereocenters. The van der Waals surface area contributed by atoms with Gasteiger partial charge in [0.15, 0.2) is 29.6 Å². The van der Waals surface area contributed by atoms with Gasteiger partial charge in [-0.1, -0.05) is 0 Å². The molecule has 1 saturated carbocycles. The lowest BCUT2D eigenvalue weighted by molar-refractivity contribution is -0.862. The number of anilines is 2. The van der Waals surface area contributed by atoms with Crippen LogP contribution < -0.4 is 20.7 Å². The Morgan fingerprint density at radius 2 is 1.70 bits per heavy atom. The van der Waals surface area contributed by atoms with Gasteiger partial charge in [-0.3, -0.25) is 14.0 Å². The van der Waals surface area contributed by atoms with Crippen molar-refractivity contribution in [2.45, 2.75) is 44.7 Å². The molecular formula is C32H38F2N7O3+. The van der Waals surface area contributed by atoms with Crippen LogP contribution in [-0.2, 0) is 4.79 Å². The zero-order chi connectivity index (χ0) is 31.6. The van der Waals surface area contributed by atoms with Gasteiger partial charge in [0.2, 0.25) is 5.82 Å². The highest BCUT2D eigenvalue weighted by atomic mass is 19.2. The summed E-state index contributed by atoms with van der Waals surface area (Å²) in [4.78, 5) is 34.2. The Morgan fingerprint density at radius 1 is 1.00 bits per heavy atom. The second-order valence-electron chi connectivity index (χ2n) is 12.2. The second-order valence-corrected chi connectivity index (χ2v) is 12.2. The molecule has 232 valence electrons. The van der Waals surface area contributed by atoms with E-state index in [0.29, 0.717) is 39.4 Å². The van der Waals surface area contributed by atoms with Crippen molar-refractivity contribution in [3.05, 3.63) is 71.7 Å². The van der Waals surface area contributed by atoms with E-state index in [1.54, 1.807) is 22.7 Å². The van der Waals surface area contributed by atoms with Crippen LogP contribution in [0.4, 0.5) is 20.3 Å². The van der Waals surface area contributed by atoms with Crippen LogP contribution in [0.2, 0.25) is 0 Å². The van der Waals surface area contributed by atoms with Gasteiger partial charge in [-0.15, -0.1) is 0 Å². The number of carbonyl (C=O) groups excluding carboxylic acids is 2. The second kappa shape index (κ2) is 12.6. The summed E-state index contributed by atoms with van der Waals surface area (Å²) in [6, 6.07) is 8.39. The van der Waals surface area contributed by atoms with Crippen LogP contribution in [-0.4, -0.2) is 77.5 Å². The van der Waals surface area contributed by atoms with Gasteiger partial charge < -0.3 is 25.2 Å². The Bertz CT molecular complexity index is 1690. The van der Waals surface area contributed by atoms with Crippen LogP contribution in [0.3, 0.4) is 0 Å². The lowest BCUT2D eigenvalue weighted by Crippen LogP contribution is -2.49. The summed E-state index contributed by atoms with van der Waals surface area (Å²) >= 11 is 0. The molecule has 1 aliphatic carbocycles. The molecule has 10 nitrogen and oxygen atoms in total. The molecule has 0 radical (unpaired) electrons. The molecule has 2 aromatic carbocycles. The van der Waals surface area contributed by atoms with E-state index in [1.807, 2.05) is 34.1 Å². The minimum Gasteiger partial charge on any atom is -0.494 e. The molecule has 0 saturated heterocycles. The maximum Gasteiger partial charge on any atom is 0.275 e. The maximum absolute atomic E-state index is 14.8. The molecule has 0 aliphatic heterocycles. The number of nitrogens with one attached hydrogen (secondary N) is 3. The third kappa shape index (κ3) is 6.80. The van der Waals surface area contributed by atoms with Gasteiger partial charge >= 0.3 is 0 Å². The summed E-state index contributed by atoms with van der Waals surface area (Å²) in [5.74, 6) is -1.96. The first kappa shape index (κ1) is 30.9. The van der Waals surface area contributed by atoms with Crippen LogP contribution in [0, 0.1) is 18.6 Å². The fourth-order valence-corrected chi connectivity index (χ4v) is 5.58. The number of methoxy groups -OCH3 is 1. The molecule has 3 N–H and O–H groups in total. The van der Waals surface area contributed by atoms with Crippen molar-refractivity contribution in [3.8, 4) is 17.0 Å². The van der Waals surface area contributed by atoms with E-state index >= 15 is 0 Å². The Balaban J connectivity index is 1.23. The molecule has 5 rings (SSSR count). The monoisotopic (exact) mass is 606 g/mol. The number of likely N-dealkylation sites (N-methyl/N-ethyl adjacent to an activating group) is 1. The molecule has 2 heterocycles. The number of amides is 2. The number of hydrogen-bond donors (Lipinski definition) is 3. The van der Waals surface area contributed by atoms with Gasteiger partial charge in [0, 0.05) is 41.3 Å². The number of aryl methyl sites for hydroxylation is 1. The van der Waals surface area contributed by atoms with E-state index in [-0.39, 0.29) is 35.2 Å². The van der Waals surface area contributed by atoms with Crippen molar-refractivity contribution in [1.82, 2.24) is 25.0 Å². The van der Waals surface area contributed by atoms with Crippen LogP contribution in [0.15, 0.2) is 48.9 Å². The Morgan fingerprint density at radius 3 is 2.36 bits per heavy atom. The topological polar surface area (TPSA) is 110 Å². The number of hydrogen-bond acceptors (Lipinski definition) is 6. The van der Waals surface area contributed by atoms with Gasteiger partial charge in [-0.2, -0.15) is 4.39 Å². The van der Waals surface area contributed by atoms with E-state index in [0.717, 1.165) is 31.2 Å². The highest BCUT2D eigenvalue weighted by Gasteiger charge is 2.26. The number of fused-ring (bicyclic) bond motifs is 1. The van der Waals surface area contributed by atoms with Gasteiger partial charge in [0.1, 0.15) is 0 Å². The Hall–Kier alpha value is -4.58. The van der Waals surface area contributed by atoms with E-state index in [4.69, 9.17) is 4.74 Å². The molecule has 12 heteroatoms. The summed E-state index contributed by atoms with van der Waals surface area (Å²) < 4.78 is 36.3. The number of ether oxygens (including phenoxy) is 1. The number of rotatable bonds is 9. The lowest BCUT2D eigenvalue weighted by Gasteiger charge is -2.31. The summed E-state index contributed by atoms with van der Waals surface area (Å²) in [5.41, 5.74) is 2.85. The molecule has 0 spiro atoms. The highest BCUT2D eigenvalue weighted by molar-refractivity contribution is 5.96. The van der Waals surface area contributed by atoms with E-state index in [2.05, 4.69) is 25.9 Å². The molecule has 0 unspecified atom stereocenters. The number of carbonyl (C=O) groups is 2. The van der Waals surface area contributed by atoms with Crippen molar-refractivity contribution >= 4 is 29.0 Å². The number of imidazole rings is 1. The number of quaternary nitrogens is 1. The van der Waals surface area contributed by atoms with E-state index in [9.17, 15) is 18.4 Å². The Kier molecular flexibility index (Phi) is 8.82. The van der Waals surface area contributed by atoms with Gasteiger partial charge in [0.25, 0.3) is 11.8 Å². The molecular weight excluding hydrogens is 568 g/mol. The van der Waals surface area contributed by atoms with Gasteiger partial charge in [-0.05, 0) is 68.5 Å². The molecule has 1 fully saturated rings. The summed E-state index contributed by atoms with van der Waals surface area (Å²) in [5, 5.41) is 9.50. The third-order valence-electron chi connectivity index (χ3n) is 7.75. The smallest absolute Gasteiger partial charge is 0.275 e. The largest absolute Gasteiger partial charge is 0.494 e. The molecule has 2 amide bonds. The van der Waals surface area contributed by atoms with Crippen molar-refractivity contribution in [3.63, 3.8) is 0 Å². The fourth-order valence-electron chi connectivity index (χ4n) is 5.58. The molecule has 0 bridgehead atoms. The van der Waals surface area contributed by atoms with E-state index < -0.39 is 11.6 Å². The molecule has 1 aliphatic rings. The van der Waals surface area contributed by atoms with Crippen molar-refractivity contribution in [2.75, 3.05) is 40.1 Å². The Labute approximate surface area is 255 Å². The average molecular weight is 607 g/mol. The lowest BCUT2D eigenvalue weighted by atomic mass is 9.90. The molecule has 2 aromatic heterocycles. The standard InChI is InChI=1S/C32H37F2N7O3/c1-19-16-22(10-11-23(19)32(43)39-21-8-6-20(7-9-21)37-27(42)18-41(2,3)4)38-30-31-36-17-25(40(31)15-14-35-30)24-12-13-26(44-5)29(34)28(24)33/h10-17,20-21H,6-9,18H2,1-5H3,(H2-,35,37,38,39,42,43)/p+1/t20-,21-. The van der Waals surface area contributed by atoms with Crippen LogP contribution in [0.25, 0.3) is 16.9 Å². The zero-order valence-electron chi connectivity index (χ0n) is 25.6. The van der Waals surface area contributed by atoms with Gasteiger partial charge in [-0.25, -0.2) is 14.4 Å². The van der Waals surface area contributed by atoms with Crippen LogP contribution in [0.1, 0.15) is 41.6 Å². The highest BCUT2D eigenvalue weighted by Crippen LogP contribution is 2.31. The normalized spacial score (nSPS) is 16.9. The SMILES string of the molecule is COc1ccc(-c2cnc3c(Nc4ccc(C(=O)N[C@H]5CC[C@H](NC(=O)C[N+](C)(C)C)CC5)c(C)c4)nccn23)c(F)c1F. The van der Waals surface area contributed by atoms with Crippen LogP contribution >= 0.6 is 0 Å². The zero-order valence-corrected chi connectivity index (χ0v) is 25.6. The number of benzene rings is 2. The summed E-state index contributed by atoms with van der Waals surface area (Å²) in [6.07, 6.45) is 7.86. The quantitative estimate of drug-likeness (QED) is 0.241. The predicted molar refractivity (Wildman–Crippen MR) is 164 cm³/mol. The summed E-state index contributed by atoms with van der Waals surface area (Å²) in [7, 11) is 7.24. The maximum atomic E-state index is 14.8. The minimum absolute atomic E-state index is 0.0391. The number of aromatic nitrogens is 3. The molecule has 4 aromatic rings. The third-order valence-corrected chi connectivity index (χ3v) is 7.75. The van der Waals surface area contributed by atoms with Crippen molar-refractivity contribution in [1.29, 1.82) is 0 Å². The van der Waals surface area contributed by atoms with Crippen molar-refractivity contribution in [2.24, 2.45) is 0 Å². The van der Waals surface area contributed by atoms with E-state index in [1.165, 1.54) is 31.6 Å².